The van der Waals surface area contributed by atoms with E-state index in [4.69, 9.17) is 21.1 Å². The lowest BCUT2D eigenvalue weighted by atomic mass is 10.2. The first kappa shape index (κ1) is 12.1. The summed E-state index contributed by atoms with van der Waals surface area (Å²) in [5, 5.41) is 11.6. The van der Waals surface area contributed by atoms with Crippen LogP contribution in [0, 0.1) is 0 Å². The highest BCUT2D eigenvalue weighted by Gasteiger charge is 2.12. The molecule has 5 heteroatoms. The van der Waals surface area contributed by atoms with Gasteiger partial charge >= 0.3 is 0 Å². The quantitative estimate of drug-likeness (QED) is 0.813. The fraction of sp³-hybridized carbons (Fsp3) is 0.500. The van der Waals surface area contributed by atoms with E-state index in [0.717, 1.165) is 6.42 Å². The molecule has 1 amide bonds. The van der Waals surface area contributed by atoms with Crippen molar-refractivity contribution in [2.24, 2.45) is 0 Å². The van der Waals surface area contributed by atoms with Crippen molar-refractivity contribution in [2.45, 2.75) is 25.8 Å². The summed E-state index contributed by atoms with van der Waals surface area (Å²) in [7, 11) is 0. The van der Waals surface area contributed by atoms with E-state index in [1.165, 1.54) is 12.1 Å². The maximum atomic E-state index is 11.5. The standard InChI is InChI=1S/C10H14ClNO3/c1-7(3-2-6-13)12-10(14)8-4-5-9(11)15-8/h4-5,7,13H,2-3,6H2,1H3,(H,12,14). The monoisotopic (exact) mass is 231 g/mol. The normalized spacial score (nSPS) is 12.5. The van der Waals surface area contributed by atoms with E-state index < -0.39 is 0 Å². The van der Waals surface area contributed by atoms with Gasteiger partial charge in [-0.15, -0.1) is 0 Å². The zero-order valence-electron chi connectivity index (χ0n) is 8.50. The van der Waals surface area contributed by atoms with E-state index in [2.05, 4.69) is 5.32 Å². The molecule has 1 unspecified atom stereocenters. The zero-order chi connectivity index (χ0) is 11.3. The third-order valence-electron chi connectivity index (χ3n) is 1.97. The van der Waals surface area contributed by atoms with Gasteiger partial charge in [0, 0.05) is 12.6 Å². The second-order valence-corrected chi connectivity index (χ2v) is 3.72. The van der Waals surface area contributed by atoms with Gasteiger partial charge in [0.1, 0.15) is 0 Å². The molecule has 0 saturated heterocycles. The Balaban J connectivity index is 2.42. The Morgan fingerprint density at radius 2 is 2.40 bits per heavy atom. The Labute approximate surface area is 93.2 Å². The van der Waals surface area contributed by atoms with Crippen LogP contribution in [0.15, 0.2) is 16.5 Å². The van der Waals surface area contributed by atoms with Crippen molar-refractivity contribution in [3.8, 4) is 0 Å². The second-order valence-electron chi connectivity index (χ2n) is 3.34. The number of aliphatic hydroxyl groups is 1. The molecule has 1 aromatic rings. The first-order valence-electron chi connectivity index (χ1n) is 4.80. The molecule has 0 spiro atoms. The second kappa shape index (κ2) is 5.78. The number of carbonyl (C=O) groups excluding carboxylic acids is 1. The van der Waals surface area contributed by atoms with E-state index in [1.807, 2.05) is 6.92 Å². The van der Waals surface area contributed by atoms with Gasteiger partial charge in [-0.3, -0.25) is 4.79 Å². The van der Waals surface area contributed by atoms with E-state index in [1.54, 1.807) is 0 Å². The number of nitrogens with one attached hydrogen (secondary N) is 1. The van der Waals surface area contributed by atoms with Gasteiger partial charge in [-0.2, -0.15) is 0 Å². The SMILES string of the molecule is CC(CCCO)NC(=O)c1ccc(Cl)o1. The van der Waals surface area contributed by atoms with Gasteiger partial charge in [0.05, 0.1) is 0 Å². The molecular formula is C10H14ClNO3. The number of hydrogen-bond donors (Lipinski definition) is 2. The Bertz CT molecular complexity index is 324. The van der Waals surface area contributed by atoms with Crippen molar-refractivity contribution in [3.63, 3.8) is 0 Å². The largest absolute Gasteiger partial charge is 0.440 e. The molecule has 15 heavy (non-hydrogen) atoms. The Morgan fingerprint density at radius 1 is 1.67 bits per heavy atom. The average Bonchev–Trinajstić information content (AvgIpc) is 2.61. The van der Waals surface area contributed by atoms with Crippen LogP contribution in [-0.4, -0.2) is 23.7 Å². The lowest BCUT2D eigenvalue weighted by Crippen LogP contribution is -2.32. The van der Waals surface area contributed by atoms with Crippen LogP contribution in [0.2, 0.25) is 5.22 Å². The van der Waals surface area contributed by atoms with E-state index in [-0.39, 0.29) is 29.5 Å². The van der Waals surface area contributed by atoms with Crippen molar-refractivity contribution in [2.75, 3.05) is 6.61 Å². The zero-order valence-corrected chi connectivity index (χ0v) is 9.25. The van der Waals surface area contributed by atoms with Crippen molar-refractivity contribution in [3.05, 3.63) is 23.1 Å². The molecule has 0 radical (unpaired) electrons. The fourth-order valence-corrected chi connectivity index (χ4v) is 1.35. The van der Waals surface area contributed by atoms with Crippen LogP contribution in [0.1, 0.15) is 30.3 Å². The molecule has 1 atom stereocenters. The van der Waals surface area contributed by atoms with Crippen LogP contribution in [0.5, 0.6) is 0 Å². The molecular weight excluding hydrogens is 218 g/mol. The molecule has 0 saturated carbocycles. The number of aliphatic hydroxyl groups excluding tert-OH is 1. The number of furan rings is 1. The summed E-state index contributed by atoms with van der Waals surface area (Å²) in [5.74, 6) is -0.0804. The first-order valence-corrected chi connectivity index (χ1v) is 5.18. The van der Waals surface area contributed by atoms with Gasteiger partial charge < -0.3 is 14.8 Å². The van der Waals surface area contributed by atoms with E-state index in [0.29, 0.717) is 6.42 Å². The highest BCUT2D eigenvalue weighted by Crippen LogP contribution is 2.13. The minimum absolute atomic E-state index is 0.00789. The topological polar surface area (TPSA) is 62.5 Å². The molecule has 0 fully saturated rings. The maximum absolute atomic E-state index is 11.5. The Kier molecular flexibility index (Phi) is 4.65. The molecule has 0 aliphatic carbocycles. The van der Waals surface area contributed by atoms with Gasteiger partial charge in [0.2, 0.25) is 0 Å². The van der Waals surface area contributed by atoms with Crippen molar-refractivity contribution < 1.29 is 14.3 Å². The molecule has 4 nitrogen and oxygen atoms in total. The summed E-state index contributed by atoms with van der Waals surface area (Å²) in [5.41, 5.74) is 0. The minimum Gasteiger partial charge on any atom is -0.440 e. The van der Waals surface area contributed by atoms with Gasteiger partial charge in [-0.05, 0) is 43.5 Å². The molecule has 1 heterocycles. The van der Waals surface area contributed by atoms with Crippen LogP contribution < -0.4 is 5.32 Å². The van der Waals surface area contributed by atoms with Crippen LogP contribution in [0.25, 0.3) is 0 Å². The average molecular weight is 232 g/mol. The molecule has 84 valence electrons. The molecule has 0 aliphatic rings. The van der Waals surface area contributed by atoms with Crippen LogP contribution in [0.4, 0.5) is 0 Å². The number of halogens is 1. The van der Waals surface area contributed by atoms with Crippen LogP contribution in [-0.2, 0) is 0 Å². The number of rotatable bonds is 5. The molecule has 2 N–H and O–H groups in total. The van der Waals surface area contributed by atoms with Crippen molar-refractivity contribution in [1.29, 1.82) is 0 Å². The summed E-state index contributed by atoms with van der Waals surface area (Å²) in [6, 6.07) is 3.05. The van der Waals surface area contributed by atoms with Gasteiger partial charge in [-0.1, -0.05) is 0 Å². The fourth-order valence-electron chi connectivity index (χ4n) is 1.20. The Morgan fingerprint density at radius 3 is 2.93 bits per heavy atom. The predicted octanol–water partition coefficient (Wildman–Crippen LogP) is 1.82. The third-order valence-corrected chi connectivity index (χ3v) is 2.17. The van der Waals surface area contributed by atoms with Gasteiger partial charge in [0.25, 0.3) is 5.91 Å². The lowest BCUT2D eigenvalue weighted by Gasteiger charge is -2.11. The maximum Gasteiger partial charge on any atom is 0.287 e. The minimum atomic E-state index is -0.285. The number of amides is 1. The molecule has 0 aliphatic heterocycles. The molecule has 0 bridgehead atoms. The first-order chi connectivity index (χ1) is 7.13. The Hall–Kier alpha value is -1.00. The van der Waals surface area contributed by atoms with Crippen LogP contribution >= 0.6 is 11.6 Å². The molecule has 1 rings (SSSR count). The smallest absolute Gasteiger partial charge is 0.287 e. The summed E-state index contributed by atoms with van der Waals surface area (Å²) >= 11 is 5.54. The lowest BCUT2D eigenvalue weighted by molar-refractivity contribution is 0.0908. The number of hydrogen-bond acceptors (Lipinski definition) is 3. The van der Waals surface area contributed by atoms with Crippen molar-refractivity contribution in [1.82, 2.24) is 5.32 Å². The molecule has 0 aromatic carbocycles. The van der Waals surface area contributed by atoms with E-state index >= 15 is 0 Å². The summed E-state index contributed by atoms with van der Waals surface area (Å²) in [4.78, 5) is 11.5. The number of carbonyl (C=O) groups is 1. The highest BCUT2D eigenvalue weighted by molar-refractivity contribution is 6.29. The molecule has 1 aromatic heterocycles. The van der Waals surface area contributed by atoms with Crippen LogP contribution in [0.3, 0.4) is 0 Å². The third kappa shape index (κ3) is 3.93. The van der Waals surface area contributed by atoms with E-state index in [9.17, 15) is 4.79 Å². The highest BCUT2D eigenvalue weighted by atomic mass is 35.5. The summed E-state index contributed by atoms with van der Waals surface area (Å²) < 4.78 is 4.95. The predicted molar refractivity (Wildman–Crippen MR) is 57.0 cm³/mol. The van der Waals surface area contributed by atoms with Gasteiger partial charge in [0.15, 0.2) is 11.0 Å². The van der Waals surface area contributed by atoms with Gasteiger partial charge in [-0.25, -0.2) is 0 Å². The summed E-state index contributed by atoms with van der Waals surface area (Å²) in [6.07, 6.45) is 1.40. The summed E-state index contributed by atoms with van der Waals surface area (Å²) in [6.45, 7) is 2.00. The van der Waals surface area contributed by atoms with Crippen molar-refractivity contribution >= 4 is 17.5 Å².